The van der Waals surface area contributed by atoms with Crippen LogP contribution in [0.4, 0.5) is 5.69 Å². The van der Waals surface area contributed by atoms with E-state index in [9.17, 15) is 13.2 Å². The van der Waals surface area contributed by atoms with E-state index < -0.39 is 16.1 Å². The molecule has 10 heteroatoms. The van der Waals surface area contributed by atoms with Crippen molar-refractivity contribution in [1.29, 1.82) is 0 Å². The lowest BCUT2D eigenvalue weighted by atomic mass is 10.0. The molecule has 0 N–H and O–H groups in total. The summed E-state index contributed by atoms with van der Waals surface area (Å²) in [4.78, 5) is 17.8. The lowest BCUT2D eigenvalue weighted by Gasteiger charge is -2.40. The van der Waals surface area contributed by atoms with Crippen LogP contribution in [0.15, 0.2) is 53.4 Å². The number of aromatic nitrogens is 3. The van der Waals surface area contributed by atoms with Gasteiger partial charge in [-0.15, -0.1) is 5.10 Å². The normalized spacial score (nSPS) is 19.9. The summed E-state index contributed by atoms with van der Waals surface area (Å²) in [6.45, 7) is 5.78. The van der Waals surface area contributed by atoms with Gasteiger partial charge in [0.05, 0.1) is 10.4 Å². The minimum Gasteiger partial charge on any atom is -0.368 e. The molecule has 2 aromatic carbocycles. The summed E-state index contributed by atoms with van der Waals surface area (Å²) in [5.41, 5.74) is 2.51. The third kappa shape index (κ3) is 4.64. The maximum absolute atomic E-state index is 13.7. The van der Waals surface area contributed by atoms with Gasteiger partial charge in [0.15, 0.2) is 0 Å². The van der Waals surface area contributed by atoms with Gasteiger partial charge in [-0.2, -0.15) is 4.31 Å². The van der Waals surface area contributed by atoms with Crippen LogP contribution in [0.3, 0.4) is 0 Å². The van der Waals surface area contributed by atoms with Crippen molar-refractivity contribution >= 4 is 32.7 Å². The largest absolute Gasteiger partial charge is 0.368 e. The summed E-state index contributed by atoms with van der Waals surface area (Å²) in [6.07, 6.45) is 3.05. The lowest BCUT2D eigenvalue weighted by molar-refractivity contribution is -0.136. The first-order valence-corrected chi connectivity index (χ1v) is 13.9. The molecule has 1 atom stereocenters. The van der Waals surface area contributed by atoms with E-state index in [2.05, 4.69) is 34.3 Å². The van der Waals surface area contributed by atoms with Crippen LogP contribution in [0.5, 0.6) is 0 Å². The number of para-hydroxylation sites is 1. The number of rotatable bonds is 6. The number of aryl methyl sites for hydroxylation is 1. The number of carbonyl (C=O) groups is 1. The number of hydrogen-bond acceptors (Lipinski definition) is 6. The fourth-order valence-electron chi connectivity index (χ4n) is 5.10. The molecule has 0 unspecified atom stereocenters. The quantitative estimate of drug-likeness (QED) is 0.521. The molecule has 0 radical (unpaired) electrons. The average molecular weight is 497 g/mol. The molecule has 2 saturated heterocycles. The van der Waals surface area contributed by atoms with E-state index in [-0.39, 0.29) is 10.8 Å². The van der Waals surface area contributed by atoms with Crippen LogP contribution in [-0.2, 0) is 21.4 Å². The van der Waals surface area contributed by atoms with Gasteiger partial charge < -0.3 is 9.80 Å². The highest BCUT2D eigenvalue weighted by atomic mass is 32.2. The molecule has 186 valence electrons. The molecule has 0 saturated carbocycles. The van der Waals surface area contributed by atoms with Crippen LogP contribution in [0, 0.1) is 0 Å². The molecule has 2 fully saturated rings. The third-order valence-electron chi connectivity index (χ3n) is 6.98. The van der Waals surface area contributed by atoms with Crippen LogP contribution >= 0.6 is 0 Å². The van der Waals surface area contributed by atoms with E-state index in [0.717, 1.165) is 50.1 Å². The summed E-state index contributed by atoms with van der Waals surface area (Å²) in [5, 5.41) is 8.31. The summed E-state index contributed by atoms with van der Waals surface area (Å²) in [6, 6.07) is 14.5. The minimum atomic E-state index is -3.84. The Morgan fingerprint density at radius 1 is 1.00 bits per heavy atom. The Balaban J connectivity index is 1.33. The number of sulfonamides is 1. The van der Waals surface area contributed by atoms with Gasteiger partial charge in [-0.05, 0) is 49.6 Å². The van der Waals surface area contributed by atoms with Gasteiger partial charge in [0.25, 0.3) is 0 Å². The molecule has 2 aliphatic rings. The number of carbonyl (C=O) groups excluding carboxylic acids is 1. The maximum Gasteiger partial charge on any atom is 0.243 e. The fourth-order valence-corrected chi connectivity index (χ4v) is 6.77. The Morgan fingerprint density at radius 2 is 1.77 bits per heavy atom. The number of nitrogens with zero attached hydrogens (tertiary/aromatic N) is 6. The predicted molar refractivity (Wildman–Crippen MR) is 135 cm³/mol. The zero-order chi connectivity index (χ0) is 24.4. The minimum absolute atomic E-state index is 0.0871. The van der Waals surface area contributed by atoms with Crippen LogP contribution in [0.2, 0.25) is 0 Å². The Labute approximate surface area is 206 Å². The van der Waals surface area contributed by atoms with E-state index in [0.29, 0.717) is 31.6 Å². The van der Waals surface area contributed by atoms with Crippen molar-refractivity contribution in [2.45, 2.75) is 50.1 Å². The predicted octanol–water partition coefficient (Wildman–Crippen LogP) is 2.73. The van der Waals surface area contributed by atoms with Crippen LogP contribution < -0.4 is 4.90 Å². The van der Waals surface area contributed by atoms with Gasteiger partial charge in [0.1, 0.15) is 11.6 Å². The average Bonchev–Trinajstić information content (AvgIpc) is 3.31. The molecule has 3 aromatic rings. The summed E-state index contributed by atoms with van der Waals surface area (Å²) in [7, 11) is -3.84. The van der Waals surface area contributed by atoms with Crippen LogP contribution in [0.25, 0.3) is 11.0 Å². The first-order chi connectivity index (χ1) is 17.0. The van der Waals surface area contributed by atoms with Gasteiger partial charge in [0.2, 0.25) is 15.9 Å². The number of anilines is 1. The topological polar surface area (TPSA) is 91.6 Å². The van der Waals surface area contributed by atoms with Gasteiger partial charge >= 0.3 is 0 Å². The van der Waals surface area contributed by atoms with E-state index in [4.69, 9.17) is 0 Å². The van der Waals surface area contributed by atoms with Gasteiger partial charge in [-0.3, -0.25) is 4.79 Å². The second-order valence-electron chi connectivity index (χ2n) is 9.24. The van der Waals surface area contributed by atoms with E-state index in [1.54, 1.807) is 22.9 Å². The summed E-state index contributed by atoms with van der Waals surface area (Å²) in [5.74, 6) is -0.0871. The number of hydrogen-bond donors (Lipinski definition) is 0. The molecule has 1 aromatic heterocycles. The Bertz CT molecular complexity index is 1290. The molecule has 3 heterocycles. The highest BCUT2D eigenvalue weighted by Gasteiger charge is 2.40. The molecular formula is C25H32N6O3S. The standard InChI is InChI=1S/C25H32N6O3S/c1-2-13-30-23-12-11-21(19-22(23)26-27-30)35(33,34)31-14-7-6-10-24(31)25(32)29-17-15-28(16-18-29)20-8-4-3-5-9-20/h3-5,8-9,11-12,19,24H,2,6-7,10,13-18H2,1H3/t24-/m0/s1. The van der Waals surface area contributed by atoms with Crippen molar-refractivity contribution in [3.63, 3.8) is 0 Å². The first kappa shape index (κ1) is 23.7. The highest BCUT2D eigenvalue weighted by molar-refractivity contribution is 7.89. The number of amides is 1. The van der Waals surface area contributed by atoms with Crippen molar-refractivity contribution < 1.29 is 13.2 Å². The number of fused-ring (bicyclic) bond motifs is 1. The van der Waals surface area contributed by atoms with Crippen LogP contribution in [-0.4, -0.2) is 77.3 Å². The second-order valence-corrected chi connectivity index (χ2v) is 11.1. The maximum atomic E-state index is 13.7. The van der Waals surface area contributed by atoms with Gasteiger partial charge in [-0.25, -0.2) is 13.1 Å². The second kappa shape index (κ2) is 9.94. The Morgan fingerprint density at radius 3 is 2.51 bits per heavy atom. The zero-order valence-electron chi connectivity index (χ0n) is 20.1. The van der Waals surface area contributed by atoms with Crippen molar-refractivity contribution in [1.82, 2.24) is 24.2 Å². The summed E-state index contributed by atoms with van der Waals surface area (Å²) >= 11 is 0. The van der Waals surface area contributed by atoms with Gasteiger partial charge in [-0.1, -0.05) is 36.8 Å². The van der Waals surface area contributed by atoms with E-state index in [1.807, 2.05) is 23.1 Å². The molecule has 0 bridgehead atoms. The Hall–Kier alpha value is -2.98. The fraction of sp³-hybridized carbons (Fsp3) is 0.480. The first-order valence-electron chi connectivity index (χ1n) is 12.4. The monoisotopic (exact) mass is 496 g/mol. The Kier molecular flexibility index (Phi) is 6.75. The van der Waals surface area contributed by atoms with E-state index >= 15 is 0 Å². The van der Waals surface area contributed by atoms with Crippen molar-refractivity contribution in [3.8, 4) is 0 Å². The van der Waals surface area contributed by atoms with Crippen LogP contribution in [0.1, 0.15) is 32.6 Å². The molecule has 0 spiro atoms. The SMILES string of the molecule is CCCn1nnc2cc(S(=O)(=O)N3CCCC[C@H]3C(=O)N3CCN(c4ccccc4)CC3)ccc21. The highest BCUT2D eigenvalue weighted by Crippen LogP contribution is 2.29. The lowest BCUT2D eigenvalue weighted by Crippen LogP contribution is -2.57. The number of benzene rings is 2. The molecule has 9 nitrogen and oxygen atoms in total. The van der Waals surface area contributed by atoms with Crippen molar-refractivity contribution in [2.75, 3.05) is 37.6 Å². The smallest absolute Gasteiger partial charge is 0.243 e. The van der Waals surface area contributed by atoms with Crippen molar-refractivity contribution in [2.24, 2.45) is 0 Å². The molecule has 2 aliphatic heterocycles. The summed E-state index contributed by atoms with van der Waals surface area (Å²) < 4.78 is 30.6. The molecule has 5 rings (SSSR count). The molecule has 0 aliphatic carbocycles. The number of piperidine rings is 1. The molecular weight excluding hydrogens is 464 g/mol. The third-order valence-corrected chi connectivity index (χ3v) is 8.88. The van der Waals surface area contributed by atoms with Gasteiger partial charge in [0, 0.05) is 45.0 Å². The van der Waals surface area contributed by atoms with Crippen molar-refractivity contribution in [3.05, 3.63) is 48.5 Å². The number of piperazine rings is 1. The molecule has 35 heavy (non-hydrogen) atoms. The molecule has 1 amide bonds. The zero-order valence-corrected chi connectivity index (χ0v) is 20.9. The van der Waals surface area contributed by atoms with E-state index in [1.165, 1.54) is 4.31 Å².